The number of rotatable bonds is 55. The first kappa shape index (κ1) is 65.5. The summed E-state index contributed by atoms with van der Waals surface area (Å²) in [4.78, 5) is 12.7. The molecule has 0 spiro atoms. The molecular formula is C61H125NO2. The Bertz CT molecular complexity index is 799. The predicted molar refractivity (Wildman–Crippen MR) is 291 cm³/mol. The molecule has 2 atom stereocenters. The number of unbranched alkanes of at least 4 members (excludes halogenated alkanes) is 38. The molecule has 0 aliphatic heterocycles. The van der Waals surface area contributed by atoms with Crippen LogP contribution in [0.1, 0.15) is 349 Å². The predicted octanol–water partition coefficient (Wildman–Crippen LogP) is 21.5. The van der Waals surface area contributed by atoms with Crippen molar-refractivity contribution >= 4 is 6.47 Å². The smallest absolute Gasteiger partial charge is 0.293 e. The van der Waals surface area contributed by atoms with Crippen LogP contribution in [0.25, 0.3) is 0 Å². The fourth-order valence-electron chi connectivity index (χ4n) is 10.0. The van der Waals surface area contributed by atoms with Crippen molar-refractivity contribution in [3.63, 3.8) is 0 Å². The van der Waals surface area contributed by atoms with Crippen molar-refractivity contribution in [2.45, 2.75) is 349 Å². The molecule has 3 heteroatoms. The van der Waals surface area contributed by atoms with E-state index in [1.54, 1.807) is 0 Å². The highest BCUT2D eigenvalue weighted by Crippen LogP contribution is 2.27. The minimum Gasteiger partial charge on any atom is -0.468 e. The SMILES string of the molecule is CCCCCCCCCCCCCCCCCCC(CCCCCCCCC(CCCCCCCCCC)CCCCCCCCCCC)CCCCCOC=O.CCCCN(C)C. The third-order valence-electron chi connectivity index (χ3n) is 14.5. The summed E-state index contributed by atoms with van der Waals surface area (Å²) < 4.78 is 4.94. The molecule has 64 heavy (non-hydrogen) atoms. The zero-order chi connectivity index (χ0) is 46.9. The van der Waals surface area contributed by atoms with Crippen molar-refractivity contribution in [2.24, 2.45) is 11.8 Å². The van der Waals surface area contributed by atoms with Gasteiger partial charge >= 0.3 is 0 Å². The van der Waals surface area contributed by atoms with Crippen molar-refractivity contribution < 1.29 is 9.53 Å². The fraction of sp³-hybridized carbons (Fsp3) is 0.984. The summed E-state index contributed by atoms with van der Waals surface area (Å²) in [5.74, 6) is 1.92. The Morgan fingerprint density at radius 1 is 0.297 bits per heavy atom. The quantitative estimate of drug-likeness (QED) is 0.0450. The van der Waals surface area contributed by atoms with Gasteiger partial charge in [-0.05, 0) is 45.3 Å². The molecule has 0 heterocycles. The largest absolute Gasteiger partial charge is 0.468 e. The monoisotopic (exact) mass is 904 g/mol. The van der Waals surface area contributed by atoms with Crippen LogP contribution < -0.4 is 0 Å². The Morgan fingerprint density at radius 3 is 0.688 bits per heavy atom. The fourth-order valence-corrected chi connectivity index (χ4v) is 10.0. The molecule has 0 aliphatic rings. The molecule has 0 rings (SSSR count). The summed E-state index contributed by atoms with van der Waals surface area (Å²) in [7, 11) is 4.21. The van der Waals surface area contributed by atoms with Gasteiger partial charge in [-0.15, -0.1) is 0 Å². The lowest BCUT2D eigenvalue weighted by atomic mass is 9.88. The van der Waals surface area contributed by atoms with Crippen LogP contribution in [-0.2, 0) is 9.53 Å². The van der Waals surface area contributed by atoms with Crippen LogP contribution in [0, 0.1) is 11.8 Å². The van der Waals surface area contributed by atoms with Gasteiger partial charge in [-0.25, -0.2) is 0 Å². The standard InChI is InChI=1S/C55H110O2.C6H15N/c1-4-7-10-13-16-19-20-21-22-23-24-25-27-30-35-41-49-55(51-44-38-45-52-57-53-56)50-43-37-32-31-36-42-48-54(46-39-33-28-18-15-12-9-6-3)47-40-34-29-26-17-14-11-8-5-2;1-4-5-6-7(2)3/h53-55H,4-52H2,1-3H3;4-6H2,1-3H3. The summed E-state index contributed by atoms with van der Waals surface area (Å²) >= 11 is 0. The van der Waals surface area contributed by atoms with E-state index >= 15 is 0 Å². The van der Waals surface area contributed by atoms with Crippen molar-refractivity contribution in [1.82, 2.24) is 4.90 Å². The van der Waals surface area contributed by atoms with Gasteiger partial charge in [0, 0.05) is 0 Å². The number of carbonyl (C=O) groups is 1. The summed E-state index contributed by atoms with van der Waals surface area (Å²) in [6.45, 7) is 11.6. The lowest BCUT2D eigenvalue weighted by Gasteiger charge is -2.18. The molecule has 386 valence electrons. The molecule has 0 fully saturated rings. The average molecular weight is 905 g/mol. The van der Waals surface area contributed by atoms with Crippen LogP contribution in [-0.4, -0.2) is 38.6 Å². The van der Waals surface area contributed by atoms with Gasteiger partial charge in [0.15, 0.2) is 0 Å². The van der Waals surface area contributed by atoms with Crippen molar-refractivity contribution in [3.8, 4) is 0 Å². The van der Waals surface area contributed by atoms with E-state index in [4.69, 9.17) is 4.74 Å². The maximum atomic E-state index is 10.5. The number of carbonyl (C=O) groups excluding carboxylic acids is 1. The van der Waals surface area contributed by atoms with Crippen LogP contribution >= 0.6 is 0 Å². The van der Waals surface area contributed by atoms with Gasteiger partial charge in [0.05, 0.1) is 6.61 Å². The Morgan fingerprint density at radius 2 is 0.500 bits per heavy atom. The molecule has 0 aliphatic carbocycles. The first-order valence-electron chi connectivity index (χ1n) is 30.2. The van der Waals surface area contributed by atoms with E-state index in [0.717, 1.165) is 18.3 Å². The Balaban J connectivity index is 0. The number of hydrogen-bond donors (Lipinski definition) is 0. The maximum Gasteiger partial charge on any atom is 0.293 e. The topological polar surface area (TPSA) is 29.5 Å². The van der Waals surface area contributed by atoms with E-state index in [9.17, 15) is 4.79 Å². The van der Waals surface area contributed by atoms with Gasteiger partial charge in [0.25, 0.3) is 6.47 Å². The second-order valence-electron chi connectivity index (χ2n) is 21.4. The summed E-state index contributed by atoms with van der Waals surface area (Å²) in [5.41, 5.74) is 0. The Labute approximate surface area is 407 Å². The molecular weight excluding hydrogens is 779 g/mol. The minimum atomic E-state index is 0.604. The first-order valence-corrected chi connectivity index (χ1v) is 30.2. The van der Waals surface area contributed by atoms with E-state index in [2.05, 4.69) is 46.7 Å². The lowest BCUT2D eigenvalue weighted by molar-refractivity contribution is -0.128. The number of nitrogens with zero attached hydrogens (tertiary/aromatic N) is 1. The van der Waals surface area contributed by atoms with Gasteiger partial charge in [0.1, 0.15) is 0 Å². The second-order valence-corrected chi connectivity index (χ2v) is 21.4. The minimum absolute atomic E-state index is 0.604. The van der Waals surface area contributed by atoms with E-state index in [1.165, 1.54) is 321 Å². The normalized spacial score (nSPS) is 12.4. The van der Waals surface area contributed by atoms with E-state index in [0.29, 0.717) is 13.1 Å². The highest BCUT2D eigenvalue weighted by molar-refractivity contribution is 5.36. The van der Waals surface area contributed by atoms with E-state index in [1.807, 2.05) is 0 Å². The number of ether oxygens (including phenoxy) is 1. The lowest BCUT2D eigenvalue weighted by Crippen LogP contribution is -2.12. The zero-order valence-corrected chi connectivity index (χ0v) is 45.8. The molecule has 0 radical (unpaired) electrons. The van der Waals surface area contributed by atoms with Crippen LogP contribution in [0.5, 0.6) is 0 Å². The molecule has 0 bridgehead atoms. The molecule has 3 nitrogen and oxygen atoms in total. The summed E-state index contributed by atoms with van der Waals surface area (Å²) in [5, 5.41) is 0. The highest BCUT2D eigenvalue weighted by Gasteiger charge is 2.11. The maximum absolute atomic E-state index is 10.5. The number of hydrogen-bond acceptors (Lipinski definition) is 3. The van der Waals surface area contributed by atoms with Gasteiger partial charge in [-0.3, -0.25) is 4.79 Å². The average Bonchev–Trinajstić information content (AvgIpc) is 3.29. The van der Waals surface area contributed by atoms with Crippen molar-refractivity contribution in [1.29, 1.82) is 0 Å². The van der Waals surface area contributed by atoms with Gasteiger partial charge in [0.2, 0.25) is 0 Å². The Hall–Kier alpha value is -0.570. The van der Waals surface area contributed by atoms with Crippen LogP contribution in [0.2, 0.25) is 0 Å². The molecule has 0 aromatic heterocycles. The zero-order valence-electron chi connectivity index (χ0n) is 45.8. The molecule has 2 unspecified atom stereocenters. The molecule has 0 saturated carbocycles. The second kappa shape index (κ2) is 60.4. The molecule has 0 amide bonds. The third kappa shape index (κ3) is 59.4. The van der Waals surface area contributed by atoms with Crippen molar-refractivity contribution in [2.75, 3.05) is 27.2 Å². The molecule has 0 saturated heterocycles. The van der Waals surface area contributed by atoms with E-state index < -0.39 is 0 Å². The van der Waals surface area contributed by atoms with Gasteiger partial charge < -0.3 is 9.64 Å². The summed E-state index contributed by atoms with van der Waals surface area (Å²) in [6.07, 6.45) is 71.8. The van der Waals surface area contributed by atoms with Crippen LogP contribution in [0.15, 0.2) is 0 Å². The molecule has 0 aromatic rings. The van der Waals surface area contributed by atoms with Crippen LogP contribution in [0.4, 0.5) is 0 Å². The Kier molecular flexibility index (Phi) is 61.9. The van der Waals surface area contributed by atoms with Crippen LogP contribution in [0.3, 0.4) is 0 Å². The first-order chi connectivity index (χ1) is 31.5. The summed E-state index contributed by atoms with van der Waals surface area (Å²) in [6, 6.07) is 0. The van der Waals surface area contributed by atoms with Crippen molar-refractivity contribution in [3.05, 3.63) is 0 Å². The van der Waals surface area contributed by atoms with E-state index in [-0.39, 0.29) is 0 Å². The van der Waals surface area contributed by atoms with Gasteiger partial charge in [-0.2, -0.15) is 0 Å². The van der Waals surface area contributed by atoms with Gasteiger partial charge in [-0.1, -0.05) is 336 Å². The highest BCUT2D eigenvalue weighted by atomic mass is 16.5. The molecule has 0 aromatic carbocycles. The third-order valence-corrected chi connectivity index (χ3v) is 14.5. The molecule has 0 N–H and O–H groups in total.